The van der Waals surface area contributed by atoms with Crippen LogP contribution in [0.1, 0.15) is 5.56 Å². The summed E-state index contributed by atoms with van der Waals surface area (Å²) in [6, 6.07) is 7.46. The Kier molecular flexibility index (Phi) is 4.17. The predicted octanol–water partition coefficient (Wildman–Crippen LogP) is 2.77. The Morgan fingerprint density at radius 2 is 2.06 bits per heavy atom. The summed E-state index contributed by atoms with van der Waals surface area (Å²) < 4.78 is 10.5. The van der Waals surface area contributed by atoms with Gasteiger partial charge in [0.1, 0.15) is 12.4 Å². The molecule has 0 aliphatic carbocycles. The number of ether oxygens (including phenoxy) is 2. The van der Waals surface area contributed by atoms with Crippen LogP contribution in [0.2, 0.25) is 10.4 Å². The van der Waals surface area contributed by atoms with Gasteiger partial charge in [0.05, 0.1) is 7.11 Å². The van der Waals surface area contributed by atoms with E-state index in [-0.39, 0.29) is 22.9 Å². The summed E-state index contributed by atoms with van der Waals surface area (Å²) in [5, 5.41) is 7.15. The molecule has 1 aromatic carbocycles. The topological polar surface area (TPSA) is 57.1 Å². The Labute approximate surface area is 114 Å². The minimum Gasteiger partial charge on any atom is -0.497 e. The normalized spacial score (nSPS) is 10.2. The Morgan fingerprint density at radius 1 is 1.22 bits per heavy atom. The lowest BCUT2D eigenvalue weighted by Crippen LogP contribution is -2.00. The summed E-state index contributed by atoms with van der Waals surface area (Å²) in [7, 11) is 1.60. The van der Waals surface area contributed by atoms with E-state index < -0.39 is 0 Å². The molecule has 0 aliphatic heterocycles. The summed E-state index contributed by atoms with van der Waals surface area (Å²) in [4.78, 5) is 3.84. The summed E-state index contributed by atoms with van der Waals surface area (Å²) >= 11 is 11.4. The number of halogens is 2. The van der Waals surface area contributed by atoms with Crippen LogP contribution in [-0.2, 0) is 6.61 Å². The maximum Gasteiger partial charge on any atom is 0.257 e. The third kappa shape index (κ3) is 3.21. The maximum absolute atomic E-state index is 5.78. The van der Waals surface area contributed by atoms with Gasteiger partial charge in [-0.25, -0.2) is 0 Å². The molecule has 0 saturated carbocycles. The molecule has 0 radical (unpaired) electrons. The summed E-state index contributed by atoms with van der Waals surface area (Å²) in [6.07, 6.45) is 0. The highest BCUT2D eigenvalue weighted by Gasteiger charge is 2.07. The molecule has 0 amide bonds. The van der Waals surface area contributed by atoms with E-state index in [2.05, 4.69) is 15.2 Å². The van der Waals surface area contributed by atoms with E-state index in [4.69, 9.17) is 32.7 Å². The van der Waals surface area contributed by atoms with Crippen LogP contribution in [0.3, 0.4) is 0 Å². The van der Waals surface area contributed by atoms with Crippen molar-refractivity contribution in [2.45, 2.75) is 6.61 Å². The average molecular weight is 286 g/mol. The monoisotopic (exact) mass is 285 g/mol. The maximum atomic E-state index is 5.78. The zero-order valence-electron chi connectivity index (χ0n) is 9.43. The highest BCUT2D eigenvalue weighted by atomic mass is 35.5. The molecule has 0 fully saturated rings. The molecule has 2 rings (SSSR count). The molecule has 0 spiro atoms. The Hall–Kier alpha value is -1.59. The highest BCUT2D eigenvalue weighted by Crippen LogP contribution is 2.21. The largest absolute Gasteiger partial charge is 0.497 e. The third-order valence-electron chi connectivity index (χ3n) is 2.10. The number of hydrogen-bond acceptors (Lipinski definition) is 5. The molecule has 2 aromatic rings. The molecular weight excluding hydrogens is 277 g/mol. The molecule has 1 heterocycles. The zero-order valence-corrected chi connectivity index (χ0v) is 10.9. The van der Waals surface area contributed by atoms with Crippen molar-refractivity contribution in [3.05, 3.63) is 40.3 Å². The van der Waals surface area contributed by atoms with Crippen LogP contribution >= 0.6 is 23.2 Å². The quantitative estimate of drug-likeness (QED) is 0.865. The van der Waals surface area contributed by atoms with Crippen LogP contribution in [0.5, 0.6) is 11.6 Å². The molecule has 0 saturated heterocycles. The van der Waals surface area contributed by atoms with Crippen LogP contribution in [-0.4, -0.2) is 22.3 Å². The van der Waals surface area contributed by atoms with Gasteiger partial charge in [-0.1, -0.05) is 23.7 Å². The molecule has 94 valence electrons. The van der Waals surface area contributed by atoms with Gasteiger partial charge in [-0.3, -0.25) is 0 Å². The fraction of sp³-hybridized carbons (Fsp3) is 0.182. The van der Waals surface area contributed by atoms with E-state index in [1.807, 2.05) is 24.3 Å². The van der Waals surface area contributed by atoms with Crippen molar-refractivity contribution in [3.63, 3.8) is 0 Å². The van der Waals surface area contributed by atoms with Crippen molar-refractivity contribution in [3.8, 4) is 11.6 Å². The van der Waals surface area contributed by atoms with Crippen molar-refractivity contribution in [1.29, 1.82) is 0 Å². The molecule has 0 aliphatic rings. The van der Waals surface area contributed by atoms with E-state index >= 15 is 0 Å². The van der Waals surface area contributed by atoms with Crippen molar-refractivity contribution < 1.29 is 9.47 Å². The molecule has 0 bridgehead atoms. The Balaban J connectivity index is 2.08. The second-order valence-electron chi connectivity index (χ2n) is 3.32. The van der Waals surface area contributed by atoms with Gasteiger partial charge in [0, 0.05) is 0 Å². The summed E-state index contributed by atoms with van der Waals surface area (Å²) in [5.74, 6) is 0.903. The first-order valence-corrected chi connectivity index (χ1v) is 5.76. The number of benzene rings is 1. The lowest BCUT2D eigenvalue weighted by molar-refractivity contribution is 0.290. The number of aromatic nitrogens is 3. The molecule has 7 heteroatoms. The van der Waals surface area contributed by atoms with Gasteiger partial charge in [-0.15, -0.1) is 10.2 Å². The van der Waals surface area contributed by atoms with Gasteiger partial charge in [0.2, 0.25) is 10.4 Å². The van der Waals surface area contributed by atoms with Gasteiger partial charge in [-0.05, 0) is 29.3 Å². The van der Waals surface area contributed by atoms with Gasteiger partial charge in [0.15, 0.2) is 0 Å². The van der Waals surface area contributed by atoms with Crippen LogP contribution in [0.4, 0.5) is 0 Å². The number of methoxy groups -OCH3 is 1. The third-order valence-corrected chi connectivity index (χ3v) is 2.50. The minimum absolute atomic E-state index is 0.0138. The molecular formula is C11H9Cl2N3O2. The van der Waals surface area contributed by atoms with Crippen molar-refractivity contribution in [2.75, 3.05) is 7.11 Å². The molecule has 5 nitrogen and oxygen atoms in total. The summed E-state index contributed by atoms with van der Waals surface area (Å²) in [6.45, 7) is 0.284. The van der Waals surface area contributed by atoms with E-state index in [1.165, 1.54) is 0 Å². The number of rotatable bonds is 4. The Morgan fingerprint density at radius 3 is 2.83 bits per heavy atom. The lowest BCUT2D eigenvalue weighted by atomic mass is 10.2. The van der Waals surface area contributed by atoms with Gasteiger partial charge < -0.3 is 9.47 Å². The van der Waals surface area contributed by atoms with Crippen molar-refractivity contribution in [1.82, 2.24) is 15.2 Å². The molecule has 1 aromatic heterocycles. The SMILES string of the molecule is COc1cccc(COc2nc(Cl)nnc2Cl)c1. The standard InChI is InChI=1S/C11H9Cl2N3O2/c1-17-8-4-2-3-7(5-8)6-18-10-9(12)15-16-11(13)14-10/h2-5H,6H2,1H3. The molecule has 0 atom stereocenters. The predicted molar refractivity (Wildman–Crippen MR) is 67.2 cm³/mol. The van der Waals surface area contributed by atoms with Crippen LogP contribution in [0.15, 0.2) is 24.3 Å². The second kappa shape index (κ2) is 5.84. The van der Waals surface area contributed by atoms with E-state index in [0.717, 1.165) is 11.3 Å². The fourth-order valence-corrected chi connectivity index (χ4v) is 1.54. The summed E-state index contributed by atoms with van der Waals surface area (Å²) in [5.41, 5.74) is 0.917. The first-order chi connectivity index (χ1) is 8.69. The van der Waals surface area contributed by atoms with E-state index in [0.29, 0.717) is 0 Å². The molecule has 18 heavy (non-hydrogen) atoms. The fourth-order valence-electron chi connectivity index (χ4n) is 1.29. The van der Waals surface area contributed by atoms with Crippen molar-refractivity contribution >= 4 is 23.2 Å². The van der Waals surface area contributed by atoms with Crippen LogP contribution in [0.25, 0.3) is 0 Å². The average Bonchev–Trinajstić information content (AvgIpc) is 2.40. The minimum atomic E-state index is -0.0138. The zero-order chi connectivity index (χ0) is 13.0. The van der Waals surface area contributed by atoms with Crippen LogP contribution in [0, 0.1) is 0 Å². The molecule has 0 unspecified atom stereocenters. The van der Waals surface area contributed by atoms with Gasteiger partial charge >= 0.3 is 0 Å². The number of hydrogen-bond donors (Lipinski definition) is 0. The Bertz CT molecular complexity index is 552. The second-order valence-corrected chi connectivity index (χ2v) is 4.01. The number of nitrogens with zero attached hydrogens (tertiary/aromatic N) is 3. The lowest BCUT2D eigenvalue weighted by Gasteiger charge is -2.07. The first kappa shape index (κ1) is 12.9. The highest BCUT2D eigenvalue weighted by molar-refractivity contribution is 6.31. The van der Waals surface area contributed by atoms with Crippen LogP contribution < -0.4 is 9.47 Å². The van der Waals surface area contributed by atoms with Crippen molar-refractivity contribution in [2.24, 2.45) is 0 Å². The van der Waals surface area contributed by atoms with Gasteiger partial charge in [-0.2, -0.15) is 4.98 Å². The first-order valence-electron chi connectivity index (χ1n) is 5.00. The van der Waals surface area contributed by atoms with Gasteiger partial charge in [0.25, 0.3) is 5.88 Å². The van der Waals surface area contributed by atoms with E-state index in [1.54, 1.807) is 7.11 Å². The smallest absolute Gasteiger partial charge is 0.257 e. The van der Waals surface area contributed by atoms with E-state index in [9.17, 15) is 0 Å². The molecule has 0 N–H and O–H groups in total.